The van der Waals surface area contributed by atoms with E-state index in [2.05, 4.69) is 29.6 Å². The van der Waals surface area contributed by atoms with Gasteiger partial charge in [0.2, 0.25) is 5.91 Å². The minimum Gasteiger partial charge on any atom is -0.481 e. The third-order valence-corrected chi connectivity index (χ3v) is 7.26. The summed E-state index contributed by atoms with van der Waals surface area (Å²) in [5, 5.41) is 12.2. The van der Waals surface area contributed by atoms with Crippen molar-refractivity contribution in [2.45, 2.75) is 39.0 Å². The second-order valence-electron chi connectivity index (χ2n) is 9.54. The highest BCUT2D eigenvalue weighted by Gasteiger charge is 2.49. The normalized spacial score (nSPS) is 16.7. The van der Waals surface area contributed by atoms with Crippen LogP contribution in [0.15, 0.2) is 48.5 Å². The number of nitrogens with zero attached hydrogens (tertiary/aromatic N) is 1. The van der Waals surface area contributed by atoms with E-state index in [-0.39, 0.29) is 37.4 Å². The van der Waals surface area contributed by atoms with Crippen LogP contribution in [-0.4, -0.2) is 54.2 Å². The maximum atomic E-state index is 12.4. The van der Waals surface area contributed by atoms with Gasteiger partial charge in [-0.2, -0.15) is 0 Å². The molecule has 0 aromatic heterocycles. The molecule has 1 aliphatic heterocycles. The Morgan fingerprint density at radius 3 is 2.24 bits per heavy atom. The first kappa shape index (κ1) is 23.8. The maximum absolute atomic E-state index is 12.4. The van der Waals surface area contributed by atoms with E-state index >= 15 is 0 Å². The van der Waals surface area contributed by atoms with Gasteiger partial charge >= 0.3 is 12.1 Å². The van der Waals surface area contributed by atoms with Gasteiger partial charge in [-0.05, 0) is 41.0 Å². The summed E-state index contributed by atoms with van der Waals surface area (Å²) in [6, 6.07) is 16.4. The summed E-state index contributed by atoms with van der Waals surface area (Å²) in [5.74, 6) is -0.745. The van der Waals surface area contributed by atoms with Crippen LogP contribution in [0.5, 0.6) is 0 Å². The molecule has 180 valence electrons. The van der Waals surface area contributed by atoms with Gasteiger partial charge < -0.3 is 20.1 Å². The molecule has 1 aliphatic carbocycles. The Bertz CT molecular complexity index is 1030. The Hall–Kier alpha value is -3.35. The third-order valence-electron chi connectivity index (χ3n) is 7.26. The number of carboxylic acids is 1. The van der Waals surface area contributed by atoms with E-state index in [0.29, 0.717) is 25.8 Å². The second kappa shape index (κ2) is 9.87. The van der Waals surface area contributed by atoms with Crippen LogP contribution >= 0.6 is 0 Å². The molecule has 1 atom stereocenters. The number of fused-ring (bicyclic) bond motifs is 3. The molecule has 7 heteroatoms. The summed E-state index contributed by atoms with van der Waals surface area (Å²) in [4.78, 5) is 37.7. The zero-order chi connectivity index (χ0) is 24.3. The first-order valence-corrected chi connectivity index (χ1v) is 11.9. The van der Waals surface area contributed by atoms with E-state index in [0.717, 1.165) is 0 Å². The average Bonchev–Trinajstić information content (AvgIpc) is 3.13. The number of likely N-dealkylation sites (tertiary alicyclic amines) is 1. The quantitative estimate of drug-likeness (QED) is 0.578. The molecule has 7 nitrogen and oxygen atoms in total. The monoisotopic (exact) mass is 464 g/mol. The predicted octanol–water partition coefficient (Wildman–Crippen LogP) is 4.26. The van der Waals surface area contributed by atoms with Crippen molar-refractivity contribution < 1.29 is 24.2 Å². The van der Waals surface area contributed by atoms with E-state index in [1.807, 2.05) is 38.1 Å². The number of ether oxygens (including phenoxy) is 1. The summed E-state index contributed by atoms with van der Waals surface area (Å²) in [6.45, 7) is 5.06. The zero-order valence-electron chi connectivity index (χ0n) is 19.8. The average molecular weight is 465 g/mol. The zero-order valence-corrected chi connectivity index (χ0v) is 19.8. The van der Waals surface area contributed by atoms with Gasteiger partial charge in [0.25, 0.3) is 0 Å². The summed E-state index contributed by atoms with van der Waals surface area (Å²) in [5.41, 5.74) is 3.93. The van der Waals surface area contributed by atoms with Gasteiger partial charge in [0.1, 0.15) is 12.0 Å². The fourth-order valence-corrected chi connectivity index (χ4v) is 4.91. The van der Waals surface area contributed by atoms with E-state index in [1.54, 1.807) is 4.90 Å². The van der Waals surface area contributed by atoms with Crippen molar-refractivity contribution in [3.8, 4) is 11.1 Å². The minimum atomic E-state index is -0.834. The van der Waals surface area contributed by atoms with Crippen LogP contribution in [0.25, 0.3) is 11.1 Å². The number of carbonyl (C=O) groups excluding carboxylic acids is 2. The van der Waals surface area contributed by atoms with Crippen LogP contribution in [0.3, 0.4) is 0 Å². The number of rotatable bonds is 9. The molecule has 1 fully saturated rings. The van der Waals surface area contributed by atoms with Crippen molar-refractivity contribution >= 4 is 18.0 Å². The van der Waals surface area contributed by atoms with E-state index in [4.69, 9.17) is 4.74 Å². The van der Waals surface area contributed by atoms with Crippen LogP contribution in [0.1, 0.15) is 50.2 Å². The molecular weight excluding hydrogens is 432 g/mol. The van der Waals surface area contributed by atoms with Crippen LogP contribution in [0.2, 0.25) is 0 Å². The van der Waals surface area contributed by atoms with Crippen LogP contribution in [0, 0.1) is 11.3 Å². The number of aliphatic carboxylic acids is 1. The summed E-state index contributed by atoms with van der Waals surface area (Å²) in [6.07, 6.45) is 1.02. The molecule has 0 bridgehead atoms. The Morgan fingerprint density at radius 2 is 1.68 bits per heavy atom. The lowest BCUT2D eigenvalue weighted by Crippen LogP contribution is -2.61. The van der Waals surface area contributed by atoms with Crippen molar-refractivity contribution in [1.82, 2.24) is 10.2 Å². The number of alkyl carbamates (subject to hydrolysis) is 1. The molecule has 1 heterocycles. The number of hydrogen-bond donors (Lipinski definition) is 2. The molecule has 4 rings (SSSR count). The molecular formula is C27H32N2O5. The Kier molecular flexibility index (Phi) is 6.91. The first-order valence-electron chi connectivity index (χ1n) is 11.9. The molecule has 2 N–H and O–H groups in total. The number of hydrogen-bond acceptors (Lipinski definition) is 4. The standard InChI is InChI=1S/C27H32N2O5/c1-3-27(25(31)32)16-29(17-27)24(30)13-12-18(2)14-28-26(33)34-15-23-21-10-6-4-8-19(21)20-9-5-7-11-22(20)23/h4-11,18,23H,3,12-17H2,1-2H3,(H,28,33)(H,31,32). The Morgan fingerprint density at radius 1 is 1.09 bits per heavy atom. The van der Waals surface area contributed by atoms with Crippen molar-refractivity contribution in [1.29, 1.82) is 0 Å². The highest BCUT2D eigenvalue weighted by atomic mass is 16.5. The number of benzene rings is 2. The smallest absolute Gasteiger partial charge is 0.407 e. The largest absolute Gasteiger partial charge is 0.481 e. The fraction of sp³-hybridized carbons (Fsp3) is 0.444. The topological polar surface area (TPSA) is 95.9 Å². The van der Waals surface area contributed by atoms with Gasteiger partial charge in [0, 0.05) is 32.0 Å². The molecule has 2 aliphatic rings. The molecule has 1 unspecified atom stereocenters. The van der Waals surface area contributed by atoms with Crippen LogP contribution in [0.4, 0.5) is 4.79 Å². The predicted molar refractivity (Wildman–Crippen MR) is 128 cm³/mol. The number of carbonyl (C=O) groups is 3. The van der Waals surface area contributed by atoms with E-state index < -0.39 is 17.5 Å². The van der Waals surface area contributed by atoms with Gasteiger partial charge in [0.15, 0.2) is 0 Å². The molecule has 34 heavy (non-hydrogen) atoms. The van der Waals surface area contributed by atoms with Gasteiger partial charge in [-0.15, -0.1) is 0 Å². The molecule has 0 saturated carbocycles. The summed E-state index contributed by atoms with van der Waals surface area (Å²) in [7, 11) is 0. The molecule has 1 saturated heterocycles. The SMILES string of the molecule is CCC1(C(=O)O)CN(C(=O)CCC(C)CNC(=O)OCC2c3ccccc3-c3ccccc32)C1. The molecule has 0 radical (unpaired) electrons. The lowest BCUT2D eigenvalue weighted by molar-refractivity contribution is -0.166. The fourth-order valence-electron chi connectivity index (χ4n) is 4.91. The van der Waals surface area contributed by atoms with Gasteiger partial charge in [-0.25, -0.2) is 4.79 Å². The van der Waals surface area contributed by atoms with Crippen molar-refractivity contribution in [2.75, 3.05) is 26.2 Å². The second-order valence-corrected chi connectivity index (χ2v) is 9.54. The van der Waals surface area contributed by atoms with Gasteiger partial charge in [-0.3, -0.25) is 9.59 Å². The molecule has 2 aromatic rings. The lowest BCUT2D eigenvalue weighted by Gasteiger charge is -2.46. The molecule has 0 spiro atoms. The number of amides is 2. The van der Waals surface area contributed by atoms with E-state index in [1.165, 1.54) is 22.3 Å². The van der Waals surface area contributed by atoms with Crippen LogP contribution < -0.4 is 5.32 Å². The highest BCUT2D eigenvalue weighted by Crippen LogP contribution is 2.44. The number of nitrogens with one attached hydrogen (secondary N) is 1. The highest BCUT2D eigenvalue weighted by molar-refractivity contribution is 5.83. The minimum absolute atomic E-state index is 0.0192. The lowest BCUT2D eigenvalue weighted by atomic mass is 9.77. The first-order chi connectivity index (χ1) is 16.3. The third kappa shape index (κ3) is 4.65. The Labute approximate surface area is 200 Å². The van der Waals surface area contributed by atoms with Crippen LogP contribution in [-0.2, 0) is 14.3 Å². The van der Waals surface area contributed by atoms with Crippen molar-refractivity contribution in [3.05, 3.63) is 59.7 Å². The Balaban J connectivity index is 1.19. The molecule has 2 amide bonds. The van der Waals surface area contributed by atoms with Crippen molar-refractivity contribution in [3.63, 3.8) is 0 Å². The summed E-state index contributed by atoms with van der Waals surface area (Å²) < 4.78 is 5.56. The maximum Gasteiger partial charge on any atom is 0.407 e. The van der Waals surface area contributed by atoms with Gasteiger partial charge in [-0.1, -0.05) is 62.4 Å². The number of carboxylic acid groups (broad SMARTS) is 1. The van der Waals surface area contributed by atoms with Gasteiger partial charge in [0.05, 0.1) is 0 Å². The molecule has 2 aromatic carbocycles. The summed E-state index contributed by atoms with van der Waals surface area (Å²) >= 11 is 0. The van der Waals surface area contributed by atoms with E-state index in [9.17, 15) is 19.5 Å². The van der Waals surface area contributed by atoms with Crippen molar-refractivity contribution in [2.24, 2.45) is 11.3 Å².